The summed E-state index contributed by atoms with van der Waals surface area (Å²) in [4.78, 5) is 28.1. The molecule has 0 aliphatic carbocycles. The third kappa shape index (κ3) is 7.58. The van der Waals surface area contributed by atoms with E-state index < -0.39 is 42.8 Å². The predicted molar refractivity (Wildman–Crippen MR) is 182 cm³/mol. The number of aryl methyl sites for hydroxylation is 1. The molecule has 12 nitrogen and oxygen atoms in total. The Hall–Kier alpha value is -3.26. The van der Waals surface area contributed by atoms with E-state index in [4.69, 9.17) is 30.3 Å². The standard InChI is InChI=1S/C32H42FN6O6PS/c1-19(29(41)42-17-31(3,4)5)37-46(47,45-23-15-11-13-21-12-9-10-14-22(21)23)43-16-24-26(40)32(6,33)30(44-24)39-18-34-25-27(38(7)8)35-20(2)36-28(25)39/h9-15,18-19,24,26,30,40H,16-17H2,1-8H3,(H,37,47)/t19-,24-,26-,30-,32-,46?/m1/s1. The molecule has 2 aromatic carbocycles. The highest BCUT2D eigenvalue weighted by molar-refractivity contribution is 8.09. The summed E-state index contributed by atoms with van der Waals surface area (Å²) in [7, 11) is 3.65. The normalized spacial score (nSPS) is 23.5. The summed E-state index contributed by atoms with van der Waals surface area (Å²) in [6.07, 6.45) is -2.65. The van der Waals surface area contributed by atoms with Gasteiger partial charge < -0.3 is 28.5 Å². The van der Waals surface area contributed by atoms with Crippen molar-refractivity contribution in [1.82, 2.24) is 24.6 Å². The molecule has 2 aromatic heterocycles. The number of nitrogens with one attached hydrogen (secondary N) is 1. The quantitative estimate of drug-likeness (QED) is 0.158. The van der Waals surface area contributed by atoms with E-state index in [-0.39, 0.29) is 18.6 Å². The number of nitrogens with zero attached hydrogens (tertiary/aromatic N) is 5. The predicted octanol–water partition coefficient (Wildman–Crippen LogP) is 5.23. The van der Waals surface area contributed by atoms with E-state index in [1.807, 2.05) is 71.3 Å². The molecule has 1 aliphatic heterocycles. The van der Waals surface area contributed by atoms with Gasteiger partial charge in [0.2, 0.25) is 0 Å². The third-order valence-corrected chi connectivity index (χ3v) is 10.1. The summed E-state index contributed by atoms with van der Waals surface area (Å²) in [5.41, 5.74) is -1.69. The number of alkyl halides is 1. The van der Waals surface area contributed by atoms with Crippen LogP contribution in [0.15, 0.2) is 48.8 Å². The highest BCUT2D eigenvalue weighted by Crippen LogP contribution is 2.49. The number of halogens is 1. The van der Waals surface area contributed by atoms with Crippen molar-refractivity contribution in [3.05, 3.63) is 54.6 Å². The minimum Gasteiger partial charge on any atom is -0.464 e. The summed E-state index contributed by atoms with van der Waals surface area (Å²) in [5.74, 6) is 0.938. The van der Waals surface area contributed by atoms with Crippen LogP contribution in [-0.4, -0.2) is 81.8 Å². The van der Waals surface area contributed by atoms with E-state index >= 15 is 4.39 Å². The molecule has 1 unspecified atom stereocenters. The zero-order valence-corrected chi connectivity index (χ0v) is 29.5. The van der Waals surface area contributed by atoms with Crippen LogP contribution in [-0.2, 0) is 30.6 Å². The Labute approximate surface area is 278 Å². The van der Waals surface area contributed by atoms with Crippen LogP contribution in [0.2, 0.25) is 0 Å². The van der Waals surface area contributed by atoms with Gasteiger partial charge in [-0.15, -0.1) is 0 Å². The second kappa shape index (κ2) is 13.3. The van der Waals surface area contributed by atoms with E-state index in [1.54, 1.807) is 24.8 Å². The summed E-state index contributed by atoms with van der Waals surface area (Å²) in [6, 6.07) is 12.2. The van der Waals surface area contributed by atoms with Crippen LogP contribution in [0.1, 0.15) is 46.7 Å². The number of aromatic nitrogens is 4. The van der Waals surface area contributed by atoms with Gasteiger partial charge in [0.25, 0.3) is 0 Å². The summed E-state index contributed by atoms with van der Waals surface area (Å²) in [5, 5.41) is 15.9. The van der Waals surface area contributed by atoms with Crippen LogP contribution in [0.4, 0.5) is 10.2 Å². The second-order valence-electron chi connectivity index (χ2n) is 13.3. The van der Waals surface area contributed by atoms with Gasteiger partial charge in [0, 0.05) is 19.5 Å². The molecule has 0 saturated carbocycles. The first kappa shape index (κ1) is 35.1. The molecule has 47 heavy (non-hydrogen) atoms. The largest absolute Gasteiger partial charge is 0.464 e. The number of fused-ring (bicyclic) bond motifs is 2. The minimum atomic E-state index is -3.56. The fourth-order valence-corrected chi connectivity index (χ4v) is 7.63. The topological polar surface area (TPSA) is 133 Å². The maximum Gasteiger partial charge on any atom is 0.323 e. The lowest BCUT2D eigenvalue weighted by Gasteiger charge is -2.29. The van der Waals surface area contributed by atoms with Crippen LogP contribution in [0.3, 0.4) is 0 Å². The number of imidazole rings is 1. The van der Waals surface area contributed by atoms with Gasteiger partial charge in [0.15, 0.2) is 28.9 Å². The van der Waals surface area contributed by atoms with Crippen LogP contribution in [0, 0.1) is 12.3 Å². The Balaban J connectivity index is 1.41. The third-order valence-electron chi connectivity index (χ3n) is 7.64. The van der Waals surface area contributed by atoms with E-state index in [0.717, 1.165) is 10.8 Å². The van der Waals surface area contributed by atoms with Crippen LogP contribution in [0.25, 0.3) is 21.9 Å². The molecular weight excluding hydrogens is 646 g/mol. The number of anilines is 1. The molecule has 0 radical (unpaired) electrons. The number of hydrogen-bond donors (Lipinski definition) is 2. The number of aliphatic hydroxyl groups is 1. The van der Waals surface area contributed by atoms with Gasteiger partial charge in [-0.3, -0.25) is 9.36 Å². The Morgan fingerprint density at radius 1 is 1.23 bits per heavy atom. The highest BCUT2D eigenvalue weighted by atomic mass is 32.5. The average Bonchev–Trinajstić information content (AvgIpc) is 3.51. The Morgan fingerprint density at radius 3 is 2.64 bits per heavy atom. The fourth-order valence-electron chi connectivity index (χ4n) is 5.21. The first-order valence-electron chi connectivity index (χ1n) is 15.3. The van der Waals surface area contributed by atoms with Crippen molar-refractivity contribution in [2.45, 2.75) is 71.7 Å². The molecule has 0 bridgehead atoms. The fraction of sp³-hybridized carbons (Fsp3) is 0.500. The minimum absolute atomic E-state index is 0.202. The summed E-state index contributed by atoms with van der Waals surface area (Å²) < 4.78 is 42.0. The molecule has 15 heteroatoms. The molecule has 1 saturated heterocycles. The Kier molecular flexibility index (Phi) is 9.94. The van der Waals surface area contributed by atoms with Crippen LogP contribution < -0.4 is 14.5 Å². The molecule has 0 spiro atoms. The van der Waals surface area contributed by atoms with E-state index in [9.17, 15) is 9.90 Å². The van der Waals surface area contributed by atoms with Gasteiger partial charge in [-0.2, -0.15) is 0 Å². The summed E-state index contributed by atoms with van der Waals surface area (Å²) >= 11 is 5.94. The SMILES string of the molecule is Cc1nc(N(C)C)c2ncn([C@@H]3O[C@H](COP(=S)(N[C@H](C)C(=O)OCC(C)(C)C)Oc4cccc5ccccc45)[C@@H](O)[C@@]3(C)F)c2n1. The first-order chi connectivity index (χ1) is 22.0. The van der Waals surface area contributed by atoms with Crippen molar-refractivity contribution in [2.75, 3.05) is 32.2 Å². The van der Waals surface area contributed by atoms with Crippen molar-refractivity contribution < 1.29 is 32.8 Å². The number of benzene rings is 2. The van der Waals surface area contributed by atoms with Gasteiger partial charge in [-0.05, 0) is 49.4 Å². The average molecular weight is 689 g/mol. The Bertz CT molecular complexity index is 1810. The molecule has 1 aliphatic rings. The van der Waals surface area contributed by atoms with Crippen LogP contribution >= 0.6 is 6.64 Å². The first-order valence-corrected chi connectivity index (χ1v) is 17.9. The van der Waals surface area contributed by atoms with Gasteiger partial charge in [0.1, 0.15) is 29.8 Å². The maximum absolute atomic E-state index is 16.4. The molecule has 6 atom stereocenters. The van der Waals surface area contributed by atoms with Gasteiger partial charge in [0.05, 0.1) is 19.5 Å². The molecule has 3 heterocycles. The zero-order chi connectivity index (χ0) is 34.3. The molecule has 254 valence electrons. The number of aliphatic hydroxyl groups excluding tert-OH is 1. The smallest absolute Gasteiger partial charge is 0.323 e. The van der Waals surface area contributed by atoms with Gasteiger partial charge >= 0.3 is 12.6 Å². The highest BCUT2D eigenvalue weighted by Gasteiger charge is 2.56. The van der Waals surface area contributed by atoms with E-state index in [0.29, 0.717) is 28.6 Å². The number of carbonyl (C=O) groups is 1. The number of hydrogen-bond acceptors (Lipinski definition) is 11. The second-order valence-corrected chi connectivity index (χ2v) is 16.5. The van der Waals surface area contributed by atoms with Gasteiger partial charge in [-0.1, -0.05) is 57.2 Å². The van der Waals surface area contributed by atoms with Crippen molar-refractivity contribution in [1.29, 1.82) is 0 Å². The Morgan fingerprint density at radius 2 is 1.94 bits per heavy atom. The molecule has 5 rings (SSSR count). The monoisotopic (exact) mass is 688 g/mol. The molecule has 4 aromatic rings. The lowest BCUT2D eigenvalue weighted by atomic mass is 9.98. The van der Waals surface area contributed by atoms with Crippen molar-refractivity contribution in [3.63, 3.8) is 0 Å². The number of rotatable bonds is 11. The number of carbonyl (C=O) groups excluding carboxylic acids is 1. The zero-order valence-electron chi connectivity index (χ0n) is 27.8. The van der Waals surface area contributed by atoms with Crippen molar-refractivity contribution in [2.24, 2.45) is 5.41 Å². The number of ether oxygens (including phenoxy) is 2. The summed E-state index contributed by atoms with van der Waals surface area (Å²) in [6.45, 7) is 6.75. The van der Waals surface area contributed by atoms with E-state index in [1.165, 1.54) is 17.8 Å². The number of esters is 1. The van der Waals surface area contributed by atoms with Crippen molar-refractivity contribution in [3.8, 4) is 5.75 Å². The van der Waals surface area contributed by atoms with Gasteiger partial charge in [-0.25, -0.2) is 24.4 Å². The maximum atomic E-state index is 16.4. The lowest BCUT2D eigenvalue weighted by Crippen LogP contribution is -2.41. The molecule has 0 amide bonds. The molecule has 1 fully saturated rings. The lowest BCUT2D eigenvalue weighted by molar-refractivity contribution is -0.148. The van der Waals surface area contributed by atoms with E-state index in [2.05, 4.69) is 20.0 Å². The molecular formula is C32H42FN6O6PS. The van der Waals surface area contributed by atoms with Crippen LogP contribution in [0.5, 0.6) is 5.75 Å². The van der Waals surface area contributed by atoms with Crippen molar-refractivity contribution >= 4 is 52.2 Å². The molecule has 2 N–H and O–H groups in total.